The van der Waals surface area contributed by atoms with E-state index in [9.17, 15) is 0 Å². The second kappa shape index (κ2) is 7.79. The van der Waals surface area contributed by atoms with Crippen LogP contribution in [-0.2, 0) is 0 Å². The standard InChI is InChI=1S/C21H29N5O/c1-14-12-22-21(23-13-14)26-7-4-17(5-8-26)19-11-18(19)6-9-27-20-10-15(2)24-16(3)25-20/h10,12-13,17-19H,4-9,11H2,1-3H3/t18-,19-/m1/s1. The molecule has 0 N–H and O–H groups in total. The molecule has 0 unspecified atom stereocenters. The van der Waals surface area contributed by atoms with Gasteiger partial charge in [0.1, 0.15) is 5.82 Å². The van der Waals surface area contributed by atoms with E-state index in [4.69, 9.17) is 4.74 Å². The SMILES string of the molecule is Cc1cnc(N2CCC([C@H]3C[C@H]3CCOc3cc(C)nc(C)n3)CC2)nc1. The van der Waals surface area contributed by atoms with E-state index >= 15 is 0 Å². The molecule has 0 aromatic carbocycles. The topological polar surface area (TPSA) is 64.0 Å². The zero-order valence-corrected chi connectivity index (χ0v) is 16.6. The van der Waals surface area contributed by atoms with E-state index in [2.05, 4.69) is 24.8 Å². The zero-order valence-electron chi connectivity index (χ0n) is 16.6. The second-order valence-corrected chi connectivity index (χ2v) is 8.08. The first-order valence-corrected chi connectivity index (χ1v) is 10.1. The van der Waals surface area contributed by atoms with Gasteiger partial charge >= 0.3 is 0 Å². The number of hydrogen-bond donors (Lipinski definition) is 0. The summed E-state index contributed by atoms with van der Waals surface area (Å²) < 4.78 is 5.86. The first kappa shape index (κ1) is 18.1. The minimum absolute atomic E-state index is 0.712. The predicted molar refractivity (Wildman–Crippen MR) is 105 cm³/mol. The Bertz CT molecular complexity index is 750. The summed E-state index contributed by atoms with van der Waals surface area (Å²) >= 11 is 0. The lowest BCUT2D eigenvalue weighted by Crippen LogP contribution is -2.35. The van der Waals surface area contributed by atoms with Crippen LogP contribution in [0.3, 0.4) is 0 Å². The van der Waals surface area contributed by atoms with E-state index in [1.807, 2.05) is 39.2 Å². The molecule has 0 spiro atoms. The van der Waals surface area contributed by atoms with E-state index in [0.717, 1.165) is 66.9 Å². The fraction of sp³-hybridized carbons (Fsp3) is 0.619. The minimum Gasteiger partial charge on any atom is -0.478 e. The molecule has 6 nitrogen and oxygen atoms in total. The fourth-order valence-electron chi connectivity index (χ4n) is 4.33. The molecule has 1 aliphatic carbocycles. The number of aryl methyl sites for hydroxylation is 3. The molecule has 3 heterocycles. The molecular weight excluding hydrogens is 338 g/mol. The van der Waals surface area contributed by atoms with E-state index in [0.29, 0.717) is 5.88 Å². The van der Waals surface area contributed by atoms with Crippen molar-refractivity contribution >= 4 is 5.95 Å². The van der Waals surface area contributed by atoms with Crippen LogP contribution < -0.4 is 9.64 Å². The highest BCUT2D eigenvalue weighted by atomic mass is 16.5. The Labute approximate surface area is 161 Å². The summed E-state index contributed by atoms with van der Waals surface area (Å²) in [4.78, 5) is 19.9. The van der Waals surface area contributed by atoms with Gasteiger partial charge in [0, 0.05) is 37.2 Å². The Kier molecular flexibility index (Phi) is 5.23. The molecule has 2 atom stereocenters. The highest BCUT2D eigenvalue weighted by molar-refractivity contribution is 5.30. The maximum absolute atomic E-state index is 5.86. The number of hydrogen-bond acceptors (Lipinski definition) is 6. The van der Waals surface area contributed by atoms with Crippen LogP contribution in [0.1, 0.15) is 42.8 Å². The summed E-state index contributed by atoms with van der Waals surface area (Å²) in [6.07, 6.45) is 8.82. The van der Waals surface area contributed by atoms with Crippen molar-refractivity contribution in [3.8, 4) is 5.88 Å². The molecule has 0 amide bonds. The molecule has 0 radical (unpaired) electrons. The molecule has 1 saturated heterocycles. The molecule has 2 aromatic heterocycles. The molecular formula is C21H29N5O. The Morgan fingerprint density at radius 3 is 2.52 bits per heavy atom. The molecule has 2 aromatic rings. The lowest BCUT2D eigenvalue weighted by molar-refractivity contribution is 0.275. The monoisotopic (exact) mass is 367 g/mol. The van der Waals surface area contributed by atoms with Crippen LogP contribution >= 0.6 is 0 Å². The van der Waals surface area contributed by atoms with Crippen LogP contribution in [0.15, 0.2) is 18.5 Å². The number of rotatable bonds is 6. The van der Waals surface area contributed by atoms with Gasteiger partial charge in [-0.1, -0.05) is 0 Å². The van der Waals surface area contributed by atoms with Crippen LogP contribution in [0.2, 0.25) is 0 Å². The Balaban J connectivity index is 1.19. The Morgan fingerprint density at radius 2 is 1.81 bits per heavy atom. The van der Waals surface area contributed by atoms with Gasteiger partial charge < -0.3 is 9.64 Å². The molecule has 2 aliphatic rings. The number of anilines is 1. The van der Waals surface area contributed by atoms with Crippen molar-refractivity contribution in [2.24, 2.45) is 17.8 Å². The maximum Gasteiger partial charge on any atom is 0.225 e. The van der Waals surface area contributed by atoms with Crippen LogP contribution in [0.4, 0.5) is 5.95 Å². The van der Waals surface area contributed by atoms with E-state index in [1.165, 1.54) is 19.3 Å². The quantitative estimate of drug-likeness (QED) is 0.778. The van der Waals surface area contributed by atoms with Gasteiger partial charge in [0.25, 0.3) is 0 Å². The lowest BCUT2D eigenvalue weighted by atomic mass is 9.90. The third kappa shape index (κ3) is 4.54. The maximum atomic E-state index is 5.86. The van der Waals surface area contributed by atoms with E-state index < -0.39 is 0 Å². The molecule has 6 heteroatoms. The highest BCUT2D eigenvalue weighted by Gasteiger charge is 2.43. The predicted octanol–water partition coefficient (Wildman–Crippen LogP) is 3.51. The normalized spacial score (nSPS) is 22.7. The second-order valence-electron chi connectivity index (χ2n) is 8.08. The van der Waals surface area contributed by atoms with Crippen molar-refractivity contribution in [3.05, 3.63) is 35.5 Å². The van der Waals surface area contributed by atoms with Gasteiger partial charge in [-0.15, -0.1) is 0 Å². The van der Waals surface area contributed by atoms with Crippen molar-refractivity contribution in [3.63, 3.8) is 0 Å². The number of aromatic nitrogens is 4. The first-order chi connectivity index (χ1) is 13.1. The third-order valence-electron chi connectivity index (χ3n) is 5.85. The molecule has 4 rings (SSSR count). The smallest absolute Gasteiger partial charge is 0.225 e. The third-order valence-corrected chi connectivity index (χ3v) is 5.85. The van der Waals surface area contributed by atoms with Gasteiger partial charge in [-0.3, -0.25) is 0 Å². The molecule has 0 bridgehead atoms. The molecule has 1 aliphatic heterocycles. The molecule has 144 valence electrons. The van der Waals surface area contributed by atoms with Gasteiger partial charge in [-0.25, -0.2) is 15.0 Å². The lowest BCUT2D eigenvalue weighted by Gasteiger charge is -2.32. The van der Waals surface area contributed by atoms with Crippen LogP contribution in [0.5, 0.6) is 5.88 Å². The van der Waals surface area contributed by atoms with Crippen molar-refractivity contribution in [2.45, 2.75) is 46.5 Å². The molecule has 27 heavy (non-hydrogen) atoms. The minimum atomic E-state index is 0.712. The van der Waals surface area contributed by atoms with E-state index in [-0.39, 0.29) is 0 Å². The summed E-state index contributed by atoms with van der Waals surface area (Å²) in [5, 5.41) is 0. The molecule has 1 saturated carbocycles. The van der Waals surface area contributed by atoms with Crippen molar-refractivity contribution in [1.29, 1.82) is 0 Å². The average Bonchev–Trinajstić information content (AvgIpc) is 3.41. The summed E-state index contributed by atoms with van der Waals surface area (Å²) in [7, 11) is 0. The first-order valence-electron chi connectivity index (χ1n) is 10.1. The summed E-state index contributed by atoms with van der Waals surface area (Å²) in [5.41, 5.74) is 2.08. The largest absolute Gasteiger partial charge is 0.478 e. The van der Waals surface area contributed by atoms with Gasteiger partial charge in [0.2, 0.25) is 11.8 Å². The number of ether oxygens (including phenoxy) is 1. The average molecular weight is 367 g/mol. The van der Waals surface area contributed by atoms with Crippen molar-refractivity contribution in [1.82, 2.24) is 19.9 Å². The van der Waals surface area contributed by atoms with Gasteiger partial charge in [-0.2, -0.15) is 4.98 Å². The van der Waals surface area contributed by atoms with E-state index in [1.54, 1.807) is 0 Å². The summed E-state index contributed by atoms with van der Waals surface area (Å²) in [6, 6.07) is 1.92. The van der Waals surface area contributed by atoms with Gasteiger partial charge in [0.05, 0.1) is 6.61 Å². The van der Waals surface area contributed by atoms with Gasteiger partial charge in [0.15, 0.2) is 0 Å². The van der Waals surface area contributed by atoms with Crippen LogP contribution in [0.25, 0.3) is 0 Å². The van der Waals surface area contributed by atoms with Crippen LogP contribution in [0, 0.1) is 38.5 Å². The zero-order chi connectivity index (χ0) is 18.8. The number of nitrogens with zero attached hydrogens (tertiary/aromatic N) is 5. The number of piperidine rings is 1. The Hall–Kier alpha value is -2.24. The molecule has 2 fully saturated rings. The van der Waals surface area contributed by atoms with Crippen molar-refractivity contribution < 1.29 is 4.74 Å². The summed E-state index contributed by atoms with van der Waals surface area (Å²) in [6.45, 7) is 8.82. The van der Waals surface area contributed by atoms with Crippen LogP contribution in [-0.4, -0.2) is 39.6 Å². The summed E-state index contributed by atoms with van der Waals surface area (Å²) in [5.74, 6) is 4.92. The Morgan fingerprint density at radius 1 is 1.07 bits per heavy atom. The van der Waals surface area contributed by atoms with Crippen molar-refractivity contribution in [2.75, 3.05) is 24.6 Å². The van der Waals surface area contributed by atoms with Gasteiger partial charge in [-0.05, 0) is 69.8 Å². The fourth-order valence-corrected chi connectivity index (χ4v) is 4.33. The highest BCUT2D eigenvalue weighted by Crippen LogP contribution is 2.49.